The third-order valence-corrected chi connectivity index (χ3v) is 1.24. The molecule has 1 heterocycles. The average Bonchev–Trinajstić information content (AvgIpc) is 1.88. The lowest BCUT2D eigenvalue weighted by molar-refractivity contribution is 0.545. The third-order valence-electron chi connectivity index (χ3n) is 1.24. The van der Waals surface area contributed by atoms with Crippen LogP contribution < -0.4 is 0 Å². The average molecular weight is 167 g/mol. The summed E-state index contributed by atoms with van der Waals surface area (Å²) >= 11 is 0. The van der Waals surface area contributed by atoms with Crippen molar-refractivity contribution in [2.75, 3.05) is 0 Å². The molecule has 0 aromatic carbocycles. The Balaban J connectivity index is 0.000001000. The predicted octanol–water partition coefficient (Wildman–Crippen LogP) is 2.64. The molecule has 1 aromatic heterocycles. The molecule has 1 rings (SSSR count). The molecule has 3 radical (unpaired) electrons. The molecule has 0 fully saturated rings. The van der Waals surface area contributed by atoms with Gasteiger partial charge in [0.25, 0.3) is 0 Å². The van der Waals surface area contributed by atoms with E-state index in [0.717, 1.165) is 5.82 Å². The van der Waals surface area contributed by atoms with Crippen molar-refractivity contribution in [3.63, 3.8) is 0 Å². The zero-order valence-corrected chi connectivity index (χ0v) is 7.97. The maximum atomic E-state index is 4.14. The van der Waals surface area contributed by atoms with Crippen molar-refractivity contribution in [3.05, 3.63) is 24.3 Å². The highest BCUT2D eigenvalue weighted by Crippen LogP contribution is 2.15. The second-order valence-electron chi connectivity index (χ2n) is 3.32. The van der Waals surface area contributed by atoms with E-state index in [9.17, 15) is 0 Å². The van der Waals surface area contributed by atoms with Gasteiger partial charge >= 0.3 is 0 Å². The summed E-state index contributed by atoms with van der Waals surface area (Å²) in [5.41, 5.74) is 0.0707. The maximum Gasteiger partial charge on any atom is 0.133 e. The highest BCUT2D eigenvalue weighted by Gasteiger charge is 2.15. The summed E-state index contributed by atoms with van der Waals surface area (Å²) in [5, 5.41) is 0. The fraction of sp³-hybridized carbons (Fsp3) is 0.500. The molecule has 0 atom stereocenters. The first-order valence-corrected chi connectivity index (χ1v) is 3.38. The summed E-state index contributed by atoms with van der Waals surface area (Å²) in [4.78, 5) is 8.28. The summed E-state index contributed by atoms with van der Waals surface area (Å²) in [7, 11) is 0. The molecule has 0 saturated heterocycles. The minimum Gasteiger partial charge on any atom is -0.241 e. The van der Waals surface area contributed by atoms with E-state index < -0.39 is 0 Å². The van der Waals surface area contributed by atoms with E-state index in [1.807, 2.05) is 6.07 Å². The number of hydrogen-bond acceptors (Lipinski definition) is 2. The lowest BCUT2D eigenvalue weighted by atomic mass is 9.96. The van der Waals surface area contributed by atoms with Crippen LogP contribution in [0.2, 0.25) is 0 Å². The summed E-state index contributed by atoms with van der Waals surface area (Å²) < 4.78 is 0. The van der Waals surface area contributed by atoms with Gasteiger partial charge in [0, 0.05) is 27.7 Å². The fourth-order valence-electron chi connectivity index (χ4n) is 0.686. The largest absolute Gasteiger partial charge is 0.241 e. The first-order chi connectivity index (χ1) is 4.61. The van der Waals surface area contributed by atoms with E-state index in [4.69, 9.17) is 0 Å². The molecule has 0 aliphatic carbocycles. The molecule has 0 spiro atoms. The third kappa shape index (κ3) is 2.94. The van der Waals surface area contributed by atoms with Crippen molar-refractivity contribution in [2.24, 2.45) is 0 Å². The van der Waals surface area contributed by atoms with Crippen LogP contribution in [0.5, 0.6) is 0 Å². The van der Waals surface area contributed by atoms with E-state index in [-0.39, 0.29) is 15.3 Å². The van der Waals surface area contributed by atoms with Crippen LogP contribution in [0.1, 0.15) is 26.6 Å². The van der Waals surface area contributed by atoms with Gasteiger partial charge in [-0.25, -0.2) is 9.97 Å². The molecule has 59 valence electrons. The van der Waals surface area contributed by atoms with Gasteiger partial charge < -0.3 is 0 Å². The van der Waals surface area contributed by atoms with Gasteiger partial charge in [0.15, 0.2) is 0 Å². The van der Waals surface area contributed by atoms with Crippen LogP contribution in [-0.2, 0) is 5.41 Å². The van der Waals surface area contributed by atoms with Gasteiger partial charge in [-0.05, 0) is 6.07 Å². The van der Waals surface area contributed by atoms with Crippen LogP contribution in [0, 0.1) is 0 Å². The fourth-order valence-corrected chi connectivity index (χ4v) is 0.686. The van der Waals surface area contributed by atoms with Crippen molar-refractivity contribution in [2.45, 2.75) is 26.2 Å². The molecule has 0 bridgehead atoms. The zero-order valence-electron chi connectivity index (χ0n) is 7.07. The Hall–Kier alpha value is -0.490. The number of aromatic nitrogens is 2. The lowest BCUT2D eigenvalue weighted by Crippen LogP contribution is -2.14. The zero-order chi connectivity index (χ0) is 7.61. The minimum atomic E-state index is 0. The first kappa shape index (κ1) is 10.5. The van der Waals surface area contributed by atoms with Crippen molar-refractivity contribution in [3.8, 4) is 0 Å². The van der Waals surface area contributed by atoms with Crippen LogP contribution in [0.3, 0.4) is 0 Å². The minimum absolute atomic E-state index is 0. The van der Waals surface area contributed by atoms with Gasteiger partial charge in [-0.2, -0.15) is 0 Å². The number of hydrogen-bond donors (Lipinski definition) is 0. The van der Waals surface area contributed by atoms with Crippen LogP contribution >= 0.6 is 9.90 Å². The second kappa shape index (κ2) is 3.77. The van der Waals surface area contributed by atoms with Crippen LogP contribution in [0.15, 0.2) is 18.5 Å². The molecule has 11 heavy (non-hydrogen) atoms. The van der Waals surface area contributed by atoms with Gasteiger partial charge in [-0.3, -0.25) is 0 Å². The normalized spacial score (nSPS) is 10.5. The number of nitrogens with zero attached hydrogens (tertiary/aromatic N) is 2. The molecular formula is C8H12N2P. The van der Waals surface area contributed by atoms with E-state index in [1.165, 1.54) is 0 Å². The quantitative estimate of drug-likeness (QED) is 0.555. The second-order valence-corrected chi connectivity index (χ2v) is 3.32. The summed E-state index contributed by atoms with van der Waals surface area (Å²) in [6.07, 6.45) is 3.54. The Kier molecular flexibility index (Phi) is 3.61. The van der Waals surface area contributed by atoms with Gasteiger partial charge in [0.1, 0.15) is 5.82 Å². The lowest BCUT2D eigenvalue weighted by Gasteiger charge is -2.14. The molecule has 0 unspecified atom stereocenters. The molecule has 1 aromatic rings. The topological polar surface area (TPSA) is 25.8 Å². The van der Waals surface area contributed by atoms with Crippen molar-refractivity contribution >= 4 is 9.90 Å². The highest BCUT2D eigenvalue weighted by molar-refractivity contribution is 6.92. The summed E-state index contributed by atoms with van der Waals surface area (Å²) in [5.74, 6) is 0.898. The summed E-state index contributed by atoms with van der Waals surface area (Å²) in [6.45, 7) is 6.30. The van der Waals surface area contributed by atoms with E-state index in [1.54, 1.807) is 12.4 Å². The Bertz CT molecular complexity index is 203. The molecule has 3 heteroatoms. The standard InChI is InChI=1S/C8H12N2.P/c1-8(2,3)7-9-5-4-6-10-7;/h4-6H,1-3H3;. The molecule has 2 nitrogen and oxygen atoms in total. The Morgan fingerprint density at radius 3 is 1.82 bits per heavy atom. The molecule has 0 aliphatic rings. The Labute approximate surface area is 71.1 Å². The molecule has 0 amide bonds. The van der Waals surface area contributed by atoms with Gasteiger partial charge in [-0.15, -0.1) is 0 Å². The maximum absolute atomic E-state index is 4.14. The Morgan fingerprint density at radius 1 is 1.09 bits per heavy atom. The van der Waals surface area contributed by atoms with Crippen molar-refractivity contribution in [1.82, 2.24) is 9.97 Å². The number of rotatable bonds is 0. The van der Waals surface area contributed by atoms with Crippen molar-refractivity contribution < 1.29 is 0 Å². The molecule has 0 saturated carbocycles. The van der Waals surface area contributed by atoms with Crippen LogP contribution in [0.25, 0.3) is 0 Å². The van der Waals surface area contributed by atoms with E-state index in [0.29, 0.717) is 0 Å². The van der Waals surface area contributed by atoms with Gasteiger partial charge in [-0.1, -0.05) is 20.8 Å². The van der Waals surface area contributed by atoms with E-state index >= 15 is 0 Å². The Morgan fingerprint density at radius 2 is 1.55 bits per heavy atom. The molecule has 0 N–H and O–H groups in total. The summed E-state index contributed by atoms with van der Waals surface area (Å²) in [6, 6.07) is 1.83. The SMILES string of the molecule is CC(C)(C)c1ncccn1.[P]. The predicted molar refractivity (Wildman–Crippen MR) is 47.7 cm³/mol. The molecule has 0 aliphatic heterocycles. The van der Waals surface area contributed by atoms with Crippen molar-refractivity contribution in [1.29, 1.82) is 0 Å². The molecular weight excluding hydrogens is 155 g/mol. The van der Waals surface area contributed by atoms with E-state index in [2.05, 4.69) is 30.7 Å². The highest BCUT2D eigenvalue weighted by atomic mass is 31.0. The monoisotopic (exact) mass is 167 g/mol. The van der Waals surface area contributed by atoms with Gasteiger partial charge in [0.2, 0.25) is 0 Å². The smallest absolute Gasteiger partial charge is 0.133 e. The van der Waals surface area contributed by atoms with Crippen LogP contribution in [0.4, 0.5) is 0 Å². The first-order valence-electron chi connectivity index (χ1n) is 3.38. The van der Waals surface area contributed by atoms with Gasteiger partial charge in [0.05, 0.1) is 0 Å². The van der Waals surface area contributed by atoms with Crippen LogP contribution in [-0.4, -0.2) is 9.97 Å².